The van der Waals surface area contributed by atoms with E-state index in [0.717, 1.165) is 29.0 Å². The van der Waals surface area contributed by atoms with E-state index in [4.69, 9.17) is 0 Å². The Labute approximate surface area is 187 Å². The summed E-state index contributed by atoms with van der Waals surface area (Å²) in [7, 11) is 0. The molecular weight excluding hydrogens is 379 g/mol. The van der Waals surface area contributed by atoms with Gasteiger partial charge in [0.2, 0.25) is 0 Å². The molecule has 0 atom stereocenters. The fourth-order valence-electron chi connectivity index (χ4n) is 4.54. The monoisotopic (exact) mass is 414 g/mol. The fourth-order valence-corrected chi connectivity index (χ4v) is 4.54. The molecule has 0 N–H and O–H groups in total. The third-order valence-electron chi connectivity index (χ3n) is 6.55. The van der Waals surface area contributed by atoms with Crippen LogP contribution in [0.25, 0.3) is 22.3 Å². The number of rotatable bonds is 5. The second kappa shape index (κ2) is 10.6. The lowest BCUT2D eigenvalue weighted by Gasteiger charge is -2.26. The van der Waals surface area contributed by atoms with E-state index in [9.17, 15) is 4.39 Å². The Balaban J connectivity index is 0.00000272. The summed E-state index contributed by atoms with van der Waals surface area (Å²) in [6.07, 6.45) is 10.3. The summed E-state index contributed by atoms with van der Waals surface area (Å²) in [4.78, 5) is 0. The molecule has 1 heteroatoms. The summed E-state index contributed by atoms with van der Waals surface area (Å²) in [5.41, 5.74) is 6.26. The van der Waals surface area contributed by atoms with Crippen LogP contribution in [0.3, 0.4) is 0 Å². The number of hydrogen-bond acceptors (Lipinski definition) is 0. The molecule has 0 unspecified atom stereocenters. The number of benzene rings is 3. The molecule has 31 heavy (non-hydrogen) atoms. The molecular formula is C30H35F. The van der Waals surface area contributed by atoms with Crippen LogP contribution in [0.5, 0.6) is 0 Å². The highest BCUT2D eigenvalue weighted by Crippen LogP contribution is 2.36. The van der Waals surface area contributed by atoms with Crippen molar-refractivity contribution < 1.29 is 4.39 Å². The molecule has 0 saturated heterocycles. The normalized spacial score (nSPS) is 18.7. The Kier molecular flexibility index (Phi) is 7.85. The molecule has 0 bridgehead atoms. The van der Waals surface area contributed by atoms with E-state index in [-0.39, 0.29) is 13.2 Å². The molecule has 0 aliphatic heterocycles. The average molecular weight is 415 g/mol. The largest absolute Gasteiger partial charge is 0.206 e. The quantitative estimate of drug-likeness (QED) is 0.365. The van der Waals surface area contributed by atoms with Gasteiger partial charge in [-0.25, -0.2) is 4.39 Å². The Bertz CT molecular complexity index is 988. The summed E-state index contributed by atoms with van der Waals surface area (Å²) in [5.74, 6) is 1.38. The molecule has 0 heterocycles. The summed E-state index contributed by atoms with van der Waals surface area (Å²) in [5, 5.41) is 0. The van der Waals surface area contributed by atoms with Crippen molar-refractivity contribution in [2.75, 3.05) is 0 Å². The van der Waals surface area contributed by atoms with Gasteiger partial charge in [0, 0.05) is 5.56 Å². The minimum Gasteiger partial charge on any atom is -0.206 e. The van der Waals surface area contributed by atoms with Gasteiger partial charge < -0.3 is 0 Å². The predicted octanol–water partition coefficient (Wildman–Crippen LogP) is 9.21. The average Bonchev–Trinajstić information content (AvgIpc) is 2.79. The molecule has 1 fully saturated rings. The van der Waals surface area contributed by atoms with Crippen molar-refractivity contribution in [3.63, 3.8) is 0 Å². The van der Waals surface area contributed by atoms with Gasteiger partial charge in [-0.2, -0.15) is 0 Å². The standard InChI is InChI=1S/C29H31F.CH4/c1-3-4-5-22-8-12-26(13-9-22)28-19-18-27(20-29(28)30)25-16-14-24(15-17-25)23-10-6-21(2)7-11-23;/h3-4,8-9,12-21,23H,5-7,10-11H2,1-2H3;1H4. The summed E-state index contributed by atoms with van der Waals surface area (Å²) < 4.78 is 14.9. The Morgan fingerprint density at radius 3 is 2.03 bits per heavy atom. The van der Waals surface area contributed by atoms with Crippen LogP contribution in [-0.2, 0) is 6.42 Å². The van der Waals surface area contributed by atoms with Crippen molar-refractivity contribution in [2.24, 2.45) is 5.92 Å². The Hall–Kier alpha value is -2.67. The number of halogens is 1. The maximum absolute atomic E-state index is 14.9. The van der Waals surface area contributed by atoms with E-state index in [2.05, 4.69) is 55.5 Å². The van der Waals surface area contributed by atoms with Gasteiger partial charge in [0.1, 0.15) is 5.82 Å². The van der Waals surface area contributed by atoms with Crippen LogP contribution in [0.2, 0.25) is 0 Å². The van der Waals surface area contributed by atoms with Gasteiger partial charge in [-0.05, 0) is 71.9 Å². The highest BCUT2D eigenvalue weighted by molar-refractivity contribution is 5.71. The molecule has 0 spiro atoms. The first-order valence-electron chi connectivity index (χ1n) is 11.2. The molecule has 1 aliphatic carbocycles. The van der Waals surface area contributed by atoms with Crippen molar-refractivity contribution in [1.82, 2.24) is 0 Å². The minimum atomic E-state index is -0.168. The highest BCUT2D eigenvalue weighted by Gasteiger charge is 2.19. The molecule has 0 aromatic heterocycles. The predicted molar refractivity (Wildman–Crippen MR) is 133 cm³/mol. The maximum Gasteiger partial charge on any atom is 0.131 e. The van der Waals surface area contributed by atoms with Crippen LogP contribution in [0.4, 0.5) is 4.39 Å². The second-order valence-corrected chi connectivity index (χ2v) is 8.74. The first kappa shape index (κ1) is 23.0. The van der Waals surface area contributed by atoms with E-state index < -0.39 is 0 Å². The van der Waals surface area contributed by atoms with Gasteiger partial charge in [0.05, 0.1) is 0 Å². The zero-order valence-corrected chi connectivity index (χ0v) is 18.1. The third kappa shape index (κ3) is 5.53. The van der Waals surface area contributed by atoms with Gasteiger partial charge >= 0.3 is 0 Å². The smallest absolute Gasteiger partial charge is 0.131 e. The van der Waals surface area contributed by atoms with Crippen molar-refractivity contribution in [2.45, 2.75) is 59.3 Å². The molecule has 1 aliphatic rings. The summed E-state index contributed by atoms with van der Waals surface area (Å²) in [6, 6.07) is 22.6. The van der Waals surface area contributed by atoms with E-state index >= 15 is 0 Å². The Morgan fingerprint density at radius 1 is 0.806 bits per heavy atom. The van der Waals surface area contributed by atoms with Gasteiger partial charge in [0.15, 0.2) is 0 Å². The Morgan fingerprint density at radius 2 is 1.42 bits per heavy atom. The topological polar surface area (TPSA) is 0 Å². The fraction of sp³-hybridized carbons (Fsp3) is 0.333. The SMILES string of the molecule is C.CC=CCc1ccc(-c2ccc(-c3ccc(C4CCC(C)CC4)cc3)cc2F)cc1. The molecule has 162 valence electrons. The lowest BCUT2D eigenvalue weighted by atomic mass is 9.79. The zero-order chi connectivity index (χ0) is 20.9. The van der Waals surface area contributed by atoms with Crippen molar-refractivity contribution in [1.29, 1.82) is 0 Å². The molecule has 0 nitrogen and oxygen atoms in total. The van der Waals surface area contributed by atoms with Crippen LogP contribution in [0.15, 0.2) is 78.9 Å². The second-order valence-electron chi connectivity index (χ2n) is 8.74. The van der Waals surface area contributed by atoms with E-state index in [0.29, 0.717) is 11.5 Å². The lowest BCUT2D eigenvalue weighted by Crippen LogP contribution is -2.10. The van der Waals surface area contributed by atoms with Crippen LogP contribution in [0.1, 0.15) is 64.0 Å². The van der Waals surface area contributed by atoms with Crippen LogP contribution >= 0.6 is 0 Å². The first-order chi connectivity index (χ1) is 14.6. The molecule has 3 aromatic carbocycles. The maximum atomic E-state index is 14.9. The van der Waals surface area contributed by atoms with Gasteiger partial charge in [0.25, 0.3) is 0 Å². The third-order valence-corrected chi connectivity index (χ3v) is 6.55. The minimum absolute atomic E-state index is 0. The van der Waals surface area contributed by atoms with Crippen LogP contribution in [0, 0.1) is 11.7 Å². The molecule has 0 radical (unpaired) electrons. The summed E-state index contributed by atoms with van der Waals surface area (Å²) in [6.45, 7) is 4.38. The van der Waals surface area contributed by atoms with Crippen molar-refractivity contribution in [3.05, 3.63) is 95.8 Å². The van der Waals surface area contributed by atoms with E-state index in [1.807, 2.05) is 31.2 Å². The van der Waals surface area contributed by atoms with E-state index in [1.165, 1.54) is 36.8 Å². The van der Waals surface area contributed by atoms with Gasteiger partial charge in [-0.3, -0.25) is 0 Å². The zero-order valence-electron chi connectivity index (χ0n) is 18.1. The van der Waals surface area contributed by atoms with Gasteiger partial charge in [-0.1, -0.05) is 100 Å². The summed E-state index contributed by atoms with van der Waals surface area (Å²) >= 11 is 0. The van der Waals surface area contributed by atoms with Crippen LogP contribution in [-0.4, -0.2) is 0 Å². The lowest BCUT2D eigenvalue weighted by molar-refractivity contribution is 0.348. The molecule has 3 aromatic rings. The number of allylic oxidation sites excluding steroid dienone is 2. The number of hydrogen-bond donors (Lipinski definition) is 0. The van der Waals surface area contributed by atoms with Gasteiger partial charge in [-0.15, -0.1) is 0 Å². The molecule has 4 rings (SSSR count). The van der Waals surface area contributed by atoms with Crippen LogP contribution < -0.4 is 0 Å². The van der Waals surface area contributed by atoms with Crippen molar-refractivity contribution in [3.8, 4) is 22.3 Å². The molecule has 0 amide bonds. The highest BCUT2D eigenvalue weighted by atomic mass is 19.1. The van der Waals surface area contributed by atoms with Crippen molar-refractivity contribution >= 4 is 0 Å². The first-order valence-corrected chi connectivity index (χ1v) is 11.2. The molecule has 1 saturated carbocycles. The van der Waals surface area contributed by atoms with E-state index in [1.54, 1.807) is 6.07 Å².